The van der Waals surface area contributed by atoms with Crippen LogP contribution in [0.1, 0.15) is 36.9 Å². The minimum atomic E-state index is -3.76. The number of fused-ring (bicyclic) bond motifs is 1. The first-order valence-electron chi connectivity index (χ1n) is 9.71. The largest absolute Gasteiger partial charge is 0.308 e. The van der Waals surface area contributed by atoms with Crippen molar-refractivity contribution >= 4 is 37.5 Å². The van der Waals surface area contributed by atoms with Gasteiger partial charge in [-0.3, -0.25) is 9.69 Å². The quantitative estimate of drug-likeness (QED) is 0.732. The predicted octanol–water partition coefficient (Wildman–Crippen LogP) is 3.21. The van der Waals surface area contributed by atoms with Crippen LogP contribution in [0.4, 0.5) is 5.69 Å². The van der Waals surface area contributed by atoms with Gasteiger partial charge in [0.25, 0.3) is 0 Å². The third kappa shape index (κ3) is 4.12. The zero-order valence-corrected chi connectivity index (χ0v) is 18.6. The van der Waals surface area contributed by atoms with Crippen LogP contribution < -0.4 is 10.0 Å². The number of halogens is 1. The molecule has 2 N–H and O–H groups in total. The van der Waals surface area contributed by atoms with E-state index in [1.807, 2.05) is 19.1 Å². The minimum Gasteiger partial charge on any atom is -0.308 e. The Bertz CT molecular complexity index is 1060. The number of anilines is 1. The molecule has 2 aromatic rings. The van der Waals surface area contributed by atoms with Gasteiger partial charge in [-0.2, -0.15) is 0 Å². The molecule has 0 saturated carbocycles. The molecule has 4 rings (SSSR count). The zero-order chi connectivity index (χ0) is 20.8. The number of benzene rings is 2. The average Bonchev–Trinajstić information content (AvgIpc) is 3.23. The lowest BCUT2D eigenvalue weighted by Crippen LogP contribution is -2.43. The zero-order valence-electron chi connectivity index (χ0n) is 16.2. The standard InChI is InChI=1S/C21H24BrN3O3S/c1-14-10-16-12-18(29(23,27)28)7-8-20(16)25(14)21(26)13-24-9-3-6-19(24)15-4-2-5-17(22)11-15/h2,4-5,7-8,11-12,14,19H,3,6,9-10,13H2,1H3,(H2,23,27,28). The highest BCUT2D eigenvalue weighted by molar-refractivity contribution is 9.10. The van der Waals surface area contributed by atoms with Crippen molar-refractivity contribution in [2.75, 3.05) is 18.0 Å². The molecule has 1 amide bonds. The topological polar surface area (TPSA) is 83.7 Å². The number of sulfonamides is 1. The number of rotatable bonds is 4. The predicted molar refractivity (Wildman–Crippen MR) is 116 cm³/mol. The first-order chi connectivity index (χ1) is 13.7. The summed E-state index contributed by atoms with van der Waals surface area (Å²) in [7, 11) is -3.76. The first-order valence-corrected chi connectivity index (χ1v) is 12.1. The van der Waals surface area contributed by atoms with E-state index in [2.05, 4.69) is 33.0 Å². The fourth-order valence-electron chi connectivity index (χ4n) is 4.52. The SMILES string of the molecule is CC1Cc2cc(S(N)(=O)=O)ccc2N1C(=O)CN1CCCC1c1cccc(Br)c1. The van der Waals surface area contributed by atoms with Crippen LogP contribution in [0.5, 0.6) is 0 Å². The summed E-state index contributed by atoms with van der Waals surface area (Å²) in [6, 6.07) is 13.3. The van der Waals surface area contributed by atoms with Crippen molar-refractivity contribution in [3.8, 4) is 0 Å². The number of primary sulfonamides is 1. The van der Waals surface area contributed by atoms with Crippen molar-refractivity contribution in [3.05, 3.63) is 58.1 Å². The van der Waals surface area contributed by atoms with Crippen LogP contribution in [0.15, 0.2) is 51.8 Å². The highest BCUT2D eigenvalue weighted by Gasteiger charge is 2.35. The molecule has 2 aliphatic rings. The molecule has 0 aliphatic carbocycles. The Morgan fingerprint density at radius 1 is 1.24 bits per heavy atom. The second-order valence-corrected chi connectivity index (χ2v) is 10.3. The lowest BCUT2D eigenvalue weighted by molar-refractivity contribution is -0.120. The number of hydrogen-bond acceptors (Lipinski definition) is 4. The molecule has 2 heterocycles. The van der Waals surface area contributed by atoms with Crippen molar-refractivity contribution in [2.45, 2.75) is 43.2 Å². The third-order valence-electron chi connectivity index (χ3n) is 5.80. The van der Waals surface area contributed by atoms with Crippen LogP contribution in [-0.4, -0.2) is 38.4 Å². The maximum absolute atomic E-state index is 13.2. The van der Waals surface area contributed by atoms with Gasteiger partial charge in [-0.1, -0.05) is 28.1 Å². The monoisotopic (exact) mass is 477 g/mol. The summed E-state index contributed by atoms with van der Waals surface area (Å²) in [5.74, 6) is 0.0431. The van der Waals surface area contributed by atoms with Gasteiger partial charge < -0.3 is 4.90 Å². The number of carbonyl (C=O) groups excluding carboxylic acids is 1. The maximum Gasteiger partial charge on any atom is 0.241 e. The molecule has 2 aliphatic heterocycles. The van der Waals surface area contributed by atoms with Crippen LogP contribution in [0, 0.1) is 0 Å². The van der Waals surface area contributed by atoms with Gasteiger partial charge in [-0.25, -0.2) is 13.6 Å². The van der Waals surface area contributed by atoms with Crippen LogP contribution >= 0.6 is 15.9 Å². The molecule has 0 bridgehead atoms. The second-order valence-electron chi connectivity index (χ2n) is 7.84. The molecule has 6 nitrogen and oxygen atoms in total. The van der Waals surface area contributed by atoms with Crippen LogP contribution in [0.2, 0.25) is 0 Å². The summed E-state index contributed by atoms with van der Waals surface area (Å²) in [5.41, 5.74) is 2.85. The molecular weight excluding hydrogens is 454 g/mol. The average molecular weight is 478 g/mol. The molecule has 2 atom stereocenters. The Balaban J connectivity index is 1.55. The first kappa shape index (κ1) is 20.5. The van der Waals surface area contributed by atoms with E-state index in [0.29, 0.717) is 13.0 Å². The van der Waals surface area contributed by atoms with Crippen molar-refractivity contribution in [2.24, 2.45) is 5.14 Å². The Kier molecular flexibility index (Phi) is 5.54. The number of nitrogens with zero attached hydrogens (tertiary/aromatic N) is 2. The molecule has 0 radical (unpaired) electrons. The Morgan fingerprint density at radius 2 is 2.03 bits per heavy atom. The van der Waals surface area contributed by atoms with Gasteiger partial charge in [0.15, 0.2) is 0 Å². The van der Waals surface area contributed by atoms with Gasteiger partial charge >= 0.3 is 0 Å². The van der Waals surface area contributed by atoms with Crippen molar-refractivity contribution in [3.63, 3.8) is 0 Å². The molecule has 1 fully saturated rings. The molecule has 8 heteroatoms. The van der Waals surface area contributed by atoms with Gasteiger partial charge in [0.1, 0.15) is 0 Å². The lowest BCUT2D eigenvalue weighted by atomic mass is 10.0. The van der Waals surface area contributed by atoms with Crippen LogP contribution in [0.25, 0.3) is 0 Å². The highest BCUT2D eigenvalue weighted by atomic mass is 79.9. The van der Waals surface area contributed by atoms with E-state index in [9.17, 15) is 13.2 Å². The molecule has 1 saturated heterocycles. The molecule has 2 unspecified atom stereocenters. The number of likely N-dealkylation sites (tertiary alicyclic amines) is 1. The van der Waals surface area contributed by atoms with E-state index in [1.54, 1.807) is 17.0 Å². The van der Waals surface area contributed by atoms with Gasteiger partial charge in [0.05, 0.1) is 11.4 Å². The van der Waals surface area contributed by atoms with Crippen LogP contribution in [0.3, 0.4) is 0 Å². The van der Waals surface area contributed by atoms with Gasteiger partial charge in [0, 0.05) is 22.2 Å². The minimum absolute atomic E-state index is 0.0137. The van der Waals surface area contributed by atoms with Gasteiger partial charge in [0.2, 0.25) is 15.9 Å². The number of amides is 1. The summed E-state index contributed by atoms with van der Waals surface area (Å²) in [6.07, 6.45) is 2.72. The Morgan fingerprint density at radius 3 is 2.76 bits per heavy atom. The molecule has 2 aromatic carbocycles. The van der Waals surface area contributed by atoms with E-state index in [4.69, 9.17) is 5.14 Å². The maximum atomic E-state index is 13.2. The summed E-state index contributed by atoms with van der Waals surface area (Å²) >= 11 is 3.53. The summed E-state index contributed by atoms with van der Waals surface area (Å²) < 4.78 is 24.3. The normalized spacial score (nSPS) is 22.1. The smallest absolute Gasteiger partial charge is 0.241 e. The number of hydrogen-bond donors (Lipinski definition) is 1. The Labute approximate surface area is 179 Å². The van der Waals surface area contributed by atoms with E-state index in [-0.39, 0.29) is 22.9 Å². The third-order valence-corrected chi connectivity index (χ3v) is 7.20. The highest BCUT2D eigenvalue weighted by Crippen LogP contribution is 2.36. The number of nitrogens with two attached hydrogens (primary N) is 1. The van der Waals surface area contributed by atoms with Crippen LogP contribution in [-0.2, 0) is 21.2 Å². The summed E-state index contributed by atoms with van der Waals surface area (Å²) in [4.78, 5) is 17.4. The molecule has 29 heavy (non-hydrogen) atoms. The molecule has 154 valence electrons. The summed E-state index contributed by atoms with van der Waals surface area (Å²) in [5, 5.41) is 5.25. The molecular formula is C21H24BrN3O3S. The fraction of sp³-hybridized carbons (Fsp3) is 0.381. The van der Waals surface area contributed by atoms with E-state index >= 15 is 0 Å². The second kappa shape index (κ2) is 7.83. The Hall–Kier alpha value is -1.74. The molecule has 0 spiro atoms. The van der Waals surface area contributed by atoms with E-state index < -0.39 is 10.0 Å². The van der Waals surface area contributed by atoms with Crippen molar-refractivity contribution in [1.82, 2.24) is 4.90 Å². The van der Waals surface area contributed by atoms with Crippen molar-refractivity contribution in [1.29, 1.82) is 0 Å². The number of carbonyl (C=O) groups is 1. The molecule has 0 aromatic heterocycles. The van der Waals surface area contributed by atoms with E-state index in [1.165, 1.54) is 11.6 Å². The fourth-order valence-corrected chi connectivity index (χ4v) is 5.50. The van der Waals surface area contributed by atoms with Gasteiger partial charge in [-0.05, 0) is 74.2 Å². The summed E-state index contributed by atoms with van der Waals surface area (Å²) in [6.45, 7) is 3.23. The van der Waals surface area contributed by atoms with E-state index in [0.717, 1.165) is 35.1 Å². The lowest BCUT2D eigenvalue weighted by Gasteiger charge is -2.29. The van der Waals surface area contributed by atoms with Crippen molar-refractivity contribution < 1.29 is 13.2 Å². The van der Waals surface area contributed by atoms with Gasteiger partial charge in [-0.15, -0.1) is 0 Å².